The number of halogens is 1. The van der Waals surface area contributed by atoms with Crippen molar-refractivity contribution in [3.63, 3.8) is 0 Å². The van der Waals surface area contributed by atoms with E-state index in [2.05, 4.69) is 27.3 Å². The molecule has 1 aromatic carbocycles. The zero-order valence-electron chi connectivity index (χ0n) is 14.9. The monoisotopic (exact) mass is 413 g/mol. The lowest BCUT2D eigenvalue weighted by molar-refractivity contribution is -0.147. The molecule has 3 unspecified atom stereocenters. The van der Waals surface area contributed by atoms with Gasteiger partial charge in [-0.05, 0) is 61.3 Å². The van der Waals surface area contributed by atoms with E-state index in [1.54, 1.807) is 7.11 Å². The summed E-state index contributed by atoms with van der Waals surface area (Å²) in [5, 5.41) is 3.46. The molecule has 1 aromatic rings. The van der Waals surface area contributed by atoms with Crippen molar-refractivity contribution >= 4 is 15.9 Å². The number of nitrogens with one attached hydrogen (secondary N) is 1. The van der Waals surface area contributed by atoms with Gasteiger partial charge in [0.05, 0.1) is 17.7 Å². The van der Waals surface area contributed by atoms with E-state index >= 15 is 0 Å². The molecule has 0 radical (unpaired) electrons. The van der Waals surface area contributed by atoms with Gasteiger partial charge < -0.3 is 29.0 Å². The first kappa shape index (κ1) is 17.4. The average Bonchev–Trinajstić information content (AvgIpc) is 3.15. The van der Waals surface area contributed by atoms with E-state index in [4.69, 9.17) is 23.7 Å². The first-order valence-electron chi connectivity index (χ1n) is 8.64. The molecule has 25 heavy (non-hydrogen) atoms. The third-order valence-electron chi connectivity index (χ3n) is 5.30. The summed E-state index contributed by atoms with van der Waals surface area (Å²) < 4.78 is 30.0. The topological polar surface area (TPSA) is 58.2 Å². The van der Waals surface area contributed by atoms with Gasteiger partial charge in [0.15, 0.2) is 17.3 Å². The molecule has 1 saturated heterocycles. The number of hydrogen-bond acceptors (Lipinski definition) is 6. The molecule has 0 amide bonds. The Balaban J connectivity index is 1.72. The summed E-state index contributed by atoms with van der Waals surface area (Å²) in [5.74, 6) is 1.79. The molecule has 2 fully saturated rings. The summed E-state index contributed by atoms with van der Waals surface area (Å²) in [6, 6.07) is 2.20. The second-order valence-corrected chi connectivity index (χ2v) is 7.98. The Morgan fingerprint density at radius 3 is 2.76 bits per heavy atom. The van der Waals surface area contributed by atoms with Gasteiger partial charge in [0.2, 0.25) is 12.5 Å². The Kier molecular flexibility index (Phi) is 4.38. The molecule has 2 heterocycles. The fraction of sp³-hybridized carbons (Fsp3) is 0.667. The summed E-state index contributed by atoms with van der Waals surface area (Å²) in [4.78, 5) is 0. The van der Waals surface area contributed by atoms with Gasteiger partial charge in [-0.25, -0.2) is 0 Å². The van der Waals surface area contributed by atoms with Crippen LogP contribution in [0.5, 0.6) is 17.2 Å². The van der Waals surface area contributed by atoms with Gasteiger partial charge in [-0.15, -0.1) is 0 Å². The molecule has 6 nitrogen and oxygen atoms in total. The number of hydrogen-bond donors (Lipinski definition) is 1. The van der Waals surface area contributed by atoms with Gasteiger partial charge in [-0.2, -0.15) is 0 Å². The van der Waals surface area contributed by atoms with Crippen molar-refractivity contribution in [3.8, 4) is 17.2 Å². The van der Waals surface area contributed by atoms with E-state index in [0.717, 1.165) is 28.6 Å². The van der Waals surface area contributed by atoms with Crippen molar-refractivity contribution in [2.24, 2.45) is 0 Å². The molecule has 4 rings (SSSR count). The molecular weight excluding hydrogens is 390 g/mol. The van der Waals surface area contributed by atoms with Crippen LogP contribution in [0.4, 0.5) is 0 Å². The van der Waals surface area contributed by atoms with E-state index in [1.165, 1.54) is 0 Å². The Hall–Kier alpha value is -1.02. The van der Waals surface area contributed by atoms with E-state index in [-0.39, 0.29) is 31.0 Å². The van der Waals surface area contributed by atoms with Gasteiger partial charge in [-0.1, -0.05) is 0 Å². The standard InChI is InChI=1S/C18H24BrNO5/c1-18(2)24-11-6-5-9(14(20-3)15(11)25-18)10-7-12-16(23-8-22-12)17(21-4)13(10)19/h7,9,11,14-15,20H,5-6,8H2,1-4H3/t9?,11?,14-,15?/m1/s1. The van der Waals surface area contributed by atoms with Gasteiger partial charge >= 0.3 is 0 Å². The fourth-order valence-corrected chi connectivity index (χ4v) is 5.07. The zero-order chi connectivity index (χ0) is 17.8. The number of ether oxygens (including phenoxy) is 5. The van der Waals surface area contributed by atoms with Crippen LogP contribution in [-0.4, -0.2) is 45.0 Å². The number of benzene rings is 1. The number of likely N-dealkylation sites (N-methyl/N-ethyl adjacent to an activating group) is 1. The van der Waals surface area contributed by atoms with Crippen LogP contribution in [0.1, 0.15) is 38.2 Å². The molecule has 1 aliphatic carbocycles. The maximum Gasteiger partial charge on any atom is 0.231 e. The molecule has 0 aromatic heterocycles. The van der Waals surface area contributed by atoms with Crippen LogP contribution in [0.3, 0.4) is 0 Å². The molecule has 0 bridgehead atoms. The molecule has 1 saturated carbocycles. The minimum absolute atomic E-state index is 0.0158. The summed E-state index contributed by atoms with van der Waals surface area (Å²) in [5.41, 5.74) is 1.15. The Bertz CT molecular complexity index is 680. The molecule has 1 N–H and O–H groups in total. The Labute approximate surface area is 156 Å². The van der Waals surface area contributed by atoms with Crippen LogP contribution in [0.2, 0.25) is 0 Å². The largest absolute Gasteiger partial charge is 0.492 e. The maximum absolute atomic E-state index is 6.21. The van der Waals surface area contributed by atoms with Gasteiger partial charge in [-0.3, -0.25) is 0 Å². The minimum atomic E-state index is -0.539. The summed E-state index contributed by atoms with van der Waals surface area (Å²) in [6.45, 7) is 4.18. The van der Waals surface area contributed by atoms with E-state index < -0.39 is 5.79 Å². The van der Waals surface area contributed by atoms with Crippen molar-refractivity contribution in [1.29, 1.82) is 0 Å². The summed E-state index contributed by atoms with van der Waals surface area (Å²) in [7, 11) is 3.63. The second-order valence-electron chi connectivity index (χ2n) is 7.18. The quantitative estimate of drug-likeness (QED) is 0.820. The molecule has 0 spiro atoms. The number of methoxy groups -OCH3 is 1. The van der Waals surface area contributed by atoms with Crippen LogP contribution in [0.25, 0.3) is 0 Å². The predicted octanol–water partition coefficient (Wildman–Crippen LogP) is 3.17. The Morgan fingerprint density at radius 2 is 2.04 bits per heavy atom. The summed E-state index contributed by atoms with van der Waals surface area (Å²) >= 11 is 3.72. The highest BCUT2D eigenvalue weighted by Crippen LogP contribution is 2.52. The lowest BCUT2D eigenvalue weighted by Gasteiger charge is -2.38. The number of rotatable bonds is 3. The van der Waals surface area contributed by atoms with Gasteiger partial charge in [0, 0.05) is 12.0 Å². The van der Waals surface area contributed by atoms with Crippen LogP contribution >= 0.6 is 15.9 Å². The van der Waals surface area contributed by atoms with Crippen molar-refractivity contribution in [3.05, 3.63) is 16.1 Å². The van der Waals surface area contributed by atoms with Crippen molar-refractivity contribution < 1.29 is 23.7 Å². The fourth-order valence-electron chi connectivity index (χ4n) is 4.32. The zero-order valence-corrected chi connectivity index (χ0v) is 16.5. The summed E-state index contributed by atoms with van der Waals surface area (Å²) in [6.07, 6.45) is 2.09. The van der Waals surface area contributed by atoms with Crippen LogP contribution in [0, 0.1) is 0 Å². The highest BCUT2D eigenvalue weighted by Gasteiger charge is 2.50. The molecule has 4 atom stereocenters. The third kappa shape index (κ3) is 2.81. The predicted molar refractivity (Wildman–Crippen MR) is 95.5 cm³/mol. The van der Waals surface area contributed by atoms with Crippen LogP contribution < -0.4 is 19.5 Å². The first-order valence-corrected chi connectivity index (χ1v) is 9.43. The van der Waals surface area contributed by atoms with Gasteiger partial charge in [0.1, 0.15) is 6.10 Å². The van der Waals surface area contributed by atoms with E-state index in [9.17, 15) is 0 Å². The molecule has 7 heteroatoms. The van der Waals surface area contributed by atoms with Crippen molar-refractivity contribution in [2.45, 2.75) is 56.6 Å². The molecule has 138 valence electrons. The number of fused-ring (bicyclic) bond motifs is 2. The normalized spacial score (nSPS) is 32.5. The van der Waals surface area contributed by atoms with Crippen molar-refractivity contribution in [1.82, 2.24) is 5.32 Å². The van der Waals surface area contributed by atoms with E-state index in [1.807, 2.05) is 20.9 Å². The molecular formula is C18H24BrNO5. The maximum atomic E-state index is 6.21. The molecule has 2 aliphatic heterocycles. The lowest BCUT2D eigenvalue weighted by Crippen LogP contribution is -2.50. The molecule has 3 aliphatic rings. The Morgan fingerprint density at radius 1 is 1.24 bits per heavy atom. The lowest BCUT2D eigenvalue weighted by atomic mass is 9.77. The smallest absolute Gasteiger partial charge is 0.231 e. The van der Waals surface area contributed by atoms with E-state index in [0.29, 0.717) is 11.5 Å². The average molecular weight is 414 g/mol. The SMILES string of the molecule is CN[C@@H]1C(c2cc3c(c(OC)c2Br)OCO3)CCC2OC(C)(C)OC21. The highest BCUT2D eigenvalue weighted by atomic mass is 79.9. The third-order valence-corrected chi connectivity index (χ3v) is 6.11. The highest BCUT2D eigenvalue weighted by molar-refractivity contribution is 9.10. The minimum Gasteiger partial charge on any atom is -0.492 e. The van der Waals surface area contributed by atoms with Crippen molar-refractivity contribution in [2.75, 3.05) is 21.0 Å². The van der Waals surface area contributed by atoms with Crippen LogP contribution in [-0.2, 0) is 9.47 Å². The van der Waals surface area contributed by atoms with Gasteiger partial charge in [0.25, 0.3) is 0 Å². The first-order chi connectivity index (χ1) is 11.9. The van der Waals surface area contributed by atoms with Crippen LogP contribution in [0.15, 0.2) is 10.5 Å². The second kappa shape index (κ2) is 6.30.